The molecule has 0 aliphatic heterocycles. The smallest absolute Gasteiger partial charge is 0.260 e. The SMILES string of the molecule is O=C(CSc1nc2scc(-c3ccc4c(c3)CCCC4)c2c(=O)[nH]1)Nc1ccc(F)c(Cl)c1. The first-order valence-electron chi connectivity index (χ1n) is 10.5. The maximum absolute atomic E-state index is 13.3. The number of nitrogens with one attached hydrogen (secondary N) is 2. The van der Waals surface area contributed by atoms with Crippen LogP contribution in [0.3, 0.4) is 0 Å². The van der Waals surface area contributed by atoms with Gasteiger partial charge in [-0.3, -0.25) is 9.59 Å². The van der Waals surface area contributed by atoms with Crippen molar-refractivity contribution in [3.8, 4) is 11.1 Å². The zero-order valence-corrected chi connectivity index (χ0v) is 19.8. The molecule has 33 heavy (non-hydrogen) atoms. The van der Waals surface area contributed by atoms with Crippen LogP contribution < -0.4 is 10.9 Å². The molecule has 168 valence electrons. The van der Waals surface area contributed by atoms with Crippen LogP contribution in [0.25, 0.3) is 21.3 Å². The number of fused-ring (bicyclic) bond motifs is 2. The zero-order chi connectivity index (χ0) is 22.9. The number of thioether (sulfide) groups is 1. The molecule has 9 heteroatoms. The second-order valence-electron chi connectivity index (χ2n) is 7.86. The molecule has 1 amide bonds. The summed E-state index contributed by atoms with van der Waals surface area (Å²) in [5.41, 5.74) is 4.87. The van der Waals surface area contributed by atoms with Gasteiger partial charge in [-0.15, -0.1) is 11.3 Å². The summed E-state index contributed by atoms with van der Waals surface area (Å²) in [4.78, 5) is 33.1. The van der Waals surface area contributed by atoms with Crippen molar-refractivity contribution in [2.24, 2.45) is 0 Å². The number of rotatable bonds is 5. The number of nitrogens with zero attached hydrogens (tertiary/aromatic N) is 1. The molecule has 2 N–H and O–H groups in total. The summed E-state index contributed by atoms with van der Waals surface area (Å²) in [7, 11) is 0. The number of aromatic nitrogens is 2. The molecule has 0 bridgehead atoms. The highest BCUT2D eigenvalue weighted by atomic mass is 35.5. The topological polar surface area (TPSA) is 74.8 Å². The van der Waals surface area contributed by atoms with Crippen molar-refractivity contribution in [3.05, 3.63) is 74.1 Å². The lowest BCUT2D eigenvalue weighted by molar-refractivity contribution is -0.113. The minimum Gasteiger partial charge on any atom is -0.325 e. The minimum atomic E-state index is -0.551. The Morgan fingerprint density at radius 2 is 2.00 bits per heavy atom. The molecule has 0 saturated heterocycles. The fraction of sp³-hybridized carbons (Fsp3) is 0.208. The number of aryl methyl sites for hydroxylation is 2. The Kier molecular flexibility index (Phi) is 6.23. The van der Waals surface area contributed by atoms with Crippen LogP contribution in [-0.4, -0.2) is 21.6 Å². The number of aromatic amines is 1. The Morgan fingerprint density at radius 3 is 2.82 bits per heavy atom. The van der Waals surface area contributed by atoms with Gasteiger partial charge in [0.2, 0.25) is 5.91 Å². The van der Waals surface area contributed by atoms with Crippen molar-refractivity contribution < 1.29 is 9.18 Å². The summed E-state index contributed by atoms with van der Waals surface area (Å²) in [5.74, 6) is -0.830. The van der Waals surface area contributed by atoms with Gasteiger partial charge in [-0.1, -0.05) is 41.6 Å². The van der Waals surface area contributed by atoms with E-state index in [1.165, 1.54) is 53.5 Å². The highest BCUT2D eigenvalue weighted by Crippen LogP contribution is 2.34. The van der Waals surface area contributed by atoms with Crippen molar-refractivity contribution in [2.45, 2.75) is 30.8 Å². The van der Waals surface area contributed by atoms with Crippen LogP contribution in [0, 0.1) is 5.82 Å². The van der Waals surface area contributed by atoms with Gasteiger partial charge in [0, 0.05) is 16.6 Å². The molecule has 0 unspecified atom stereocenters. The van der Waals surface area contributed by atoms with Gasteiger partial charge < -0.3 is 10.3 Å². The molecule has 0 radical (unpaired) electrons. The first-order chi connectivity index (χ1) is 16.0. The summed E-state index contributed by atoms with van der Waals surface area (Å²) < 4.78 is 13.3. The Hall–Kier alpha value is -2.68. The monoisotopic (exact) mass is 499 g/mol. The maximum atomic E-state index is 13.3. The van der Waals surface area contributed by atoms with Crippen molar-refractivity contribution in [2.75, 3.05) is 11.1 Å². The molecule has 1 aliphatic rings. The van der Waals surface area contributed by atoms with Crippen LogP contribution in [-0.2, 0) is 17.6 Å². The number of amides is 1. The molecule has 5 nitrogen and oxygen atoms in total. The number of thiophene rings is 1. The van der Waals surface area contributed by atoms with E-state index in [0.29, 0.717) is 21.1 Å². The normalized spacial score (nSPS) is 13.2. The molecule has 4 aromatic rings. The van der Waals surface area contributed by atoms with Crippen LogP contribution in [0.5, 0.6) is 0 Å². The Bertz CT molecular complexity index is 1430. The molecule has 0 fully saturated rings. The number of H-pyrrole nitrogens is 1. The third kappa shape index (κ3) is 4.69. The van der Waals surface area contributed by atoms with E-state index in [-0.39, 0.29) is 22.2 Å². The molecule has 0 saturated carbocycles. The van der Waals surface area contributed by atoms with Gasteiger partial charge in [0.25, 0.3) is 5.56 Å². The van der Waals surface area contributed by atoms with Gasteiger partial charge in [-0.25, -0.2) is 9.37 Å². The van der Waals surface area contributed by atoms with E-state index in [9.17, 15) is 14.0 Å². The van der Waals surface area contributed by atoms with Crippen molar-refractivity contribution in [1.29, 1.82) is 0 Å². The highest BCUT2D eigenvalue weighted by molar-refractivity contribution is 7.99. The van der Waals surface area contributed by atoms with Crippen LogP contribution in [0.2, 0.25) is 5.02 Å². The molecule has 2 aromatic carbocycles. The molecule has 1 aliphatic carbocycles. The highest BCUT2D eigenvalue weighted by Gasteiger charge is 2.16. The Labute approximate surface area is 202 Å². The number of halogens is 2. The van der Waals surface area contributed by atoms with Crippen molar-refractivity contribution >= 4 is 56.5 Å². The third-order valence-electron chi connectivity index (χ3n) is 5.63. The van der Waals surface area contributed by atoms with Gasteiger partial charge in [0.05, 0.1) is 16.2 Å². The summed E-state index contributed by atoms with van der Waals surface area (Å²) in [6.07, 6.45) is 4.62. The predicted molar refractivity (Wildman–Crippen MR) is 133 cm³/mol. The number of hydrogen-bond acceptors (Lipinski definition) is 5. The van der Waals surface area contributed by atoms with Gasteiger partial charge in [0.1, 0.15) is 10.6 Å². The molecule has 2 aromatic heterocycles. The van der Waals surface area contributed by atoms with E-state index in [4.69, 9.17) is 11.6 Å². The average Bonchev–Trinajstić information content (AvgIpc) is 3.24. The quantitative estimate of drug-likeness (QED) is 0.259. The molecule has 5 rings (SSSR count). The lowest BCUT2D eigenvalue weighted by atomic mass is 9.89. The number of carbonyl (C=O) groups excluding carboxylic acids is 1. The van der Waals surface area contributed by atoms with E-state index in [1.807, 2.05) is 5.38 Å². The first kappa shape index (κ1) is 22.1. The minimum absolute atomic E-state index is 0.0342. The summed E-state index contributed by atoms with van der Waals surface area (Å²) in [5, 5.41) is 5.51. The predicted octanol–water partition coefficient (Wildman–Crippen LogP) is 6.05. The number of hydrogen-bond donors (Lipinski definition) is 2. The average molecular weight is 500 g/mol. The van der Waals surface area contributed by atoms with E-state index in [1.54, 1.807) is 0 Å². The van der Waals surface area contributed by atoms with Crippen molar-refractivity contribution in [3.63, 3.8) is 0 Å². The lowest BCUT2D eigenvalue weighted by Crippen LogP contribution is -2.15. The second kappa shape index (κ2) is 9.29. The standard InChI is InChI=1S/C24H19ClFN3O2S2/c25-18-10-16(7-8-19(18)26)27-20(30)12-33-24-28-22(31)21-17(11-32-23(21)29-24)15-6-5-13-3-1-2-4-14(13)9-15/h5-11H,1-4,12H2,(H,27,30)(H,28,29,31). The Morgan fingerprint density at radius 1 is 1.18 bits per heavy atom. The van der Waals surface area contributed by atoms with E-state index >= 15 is 0 Å². The molecule has 2 heterocycles. The van der Waals surface area contributed by atoms with Gasteiger partial charge in [0.15, 0.2) is 5.16 Å². The lowest BCUT2D eigenvalue weighted by Gasteiger charge is -2.16. The molecule has 0 spiro atoms. The van der Waals surface area contributed by atoms with Gasteiger partial charge >= 0.3 is 0 Å². The van der Waals surface area contributed by atoms with Crippen molar-refractivity contribution in [1.82, 2.24) is 9.97 Å². The van der Waals surface area contributed by atoms with Gasteiger partial charge in [-0.2, -0.15) is 0 Å². The second-order valence-corrected chi connectivity index (χ2v) is 10.1. The van der Waals surface area contributed by atoms with Crippen LogP contribution in [0.15, 0.2) is 51.7 Å². The molecular weight excluding hydrogens is 481 g/mol. The fourth-order valence-corrected chi connectivity index (χ4v) is 5.86. The van der Waals surface area contributed by atoms with Gasteiger partial charge in [-0.05, 0) is 60.6 Å². The number of anilines is 1. The molecule has 0 atom stereocenters. The maximum Gasteiger partial charge on any atom is 0.260 e. The number of benzene rings is 2. The van der Waals surface area contributed by atoms with E-state index < -0.39 is 5.82 Å². The number of carbonyl (C=O) groups is 1. The summed E-state index contributed by atoms with van der Waals surface area (Å²) in [6.45, 7) is 0. The molecular formula is C24H19ClFN3O2S2. The van der Waals surface area contributed by atoms with Crippen LogP contribution in [0.1, 0.15) is 24.0 Å². The first-order valence-corrected chi connectivity index (χ1v) is 12.7. The summed E-state index contributed by atoms with van der Waals surface area (Å²) >= 11 is 8.29. The Balaban J connectivity index is 1.33. The fourth-order valence-electron chi connectivity index (χ4n) is 4.02. The van der Waals surface area contributed by atoms with E-state index in [2.05, 4.69) is 33.5 Å². The largest absolute Gasteiger partial charge is 0.325 e. The van der Waals surface area contributed by atoms with E-state index in [0.717, 1.165) is 35.7 Å². The zero-order valence-electron chi connectivity index (χ0n) is 17.4. The van der Waals surface area contributed by atoms with Crippen LogP contribution >= 0.6 is 34.7 Å². The third-order valence-corrected chi connectivity index (χ3v) is 7.66. The summed E-state index contributed by atoms with van der Waals surface area (Å²) in [6, 6.07) is 10.4. The van der Waals surface area contributed by atoms with Crippen LogP contribution in [0.4, 0.5) is 10.1 Å².